The van der Waals surface area contributed by atoms with E-state index < -0.39 is 5.25 Å². The first-order valence-corrected chi connectivity index (χ1v) is 11.9. The van der Waals surface area contributed by atoms with Crippen molar-refractivity contribution in [2.75, 3.05) is 31.1 Å². The van der Waals surface area contributed by atoms with Gasteiger partial charge in [-0.15, -0.1) is 0 Å². The van der Waals surface area contributed by atoms with Gasteiger partial charge in [0, 0.05) is 39.1 Å². The lowest BCUT2D eigenvalue weighted by molar-refractivity contribution is -0.121. The molecule has 162 valence electrons. The first-order valence-electron chi connectivity index (χ1n) is 10.6. The van der Waals surface area contributed by atoms with Crippen LogP contribution in [-0.4, -0.2) is 57.4 Å². The average Bonchev–Trinajstić information content (AvgIpc) is 3.04. The van der Waals surface area contributed by atoms with E-state index in [2.05, 4.69) is 34.1 Å². The maximum atomic E-state index is 13.0. The fourth-order valence-electron chi connectivity index (χ4n) is 3.96. The summed E-state index contributed by atoms with van der Waals surface area (Å²) >= 11 is 7.02. The summed E-state index contributed by atoms with van der Waals surface area (Å²) in [7, 11) is 0. The molecule has 0 spiro atoms. The monoisotopic (exact) mass is 453 g/mol. The van der Waals surface area contributed by atoms with E-state index in [-0.39, 0.29) is 18.2 Å². The molecule has 2 aliphatic rings. The van der Waals surface area contributed by atoms with Gasteiger partial charge in [-0.2, -0.15) is 0 Å². The lowest BCUT2D eigenvalue weighted by Gasteiger charge is -2.36. The van der Waals surface area contributed by atoms with Gasteiger partial charge in [0.25, 0.3) is 0 Å². The molecule has 0 bridgehead atoms. The average molecular weight is 454 g/mol. The van der Waals surface area contributed by atoms with Crippen LogP contribution < -0.4 is 4.90 Å². The minimum atomic E-state index is -0.441. The third-order valence-electron chi connectivity index (χ3n) is 5.98. The lowest BCUT2D eigenvalue weighted by atomic mass is 10.1. The number of thioether (sulfide) groups is 1. The van der Waals surface area contributed by atoms with Gasteiger partial charge in [-0.05, 0) is 42.7 Å². The minimum Gasteiger partial charge on any atom is -0.355 e. The number of hydrogen-bond donors (Lipinski definition) is 0. The number of amides is 2. The van der Waals surface area contributed by atoms with Gasteiger partial charge in [-0.3, -0.25) is 14.5 Å². The number of carbonyl (C=O) groups excluding carboxylic acids is 2. The highest BCUT2D eigenvalue weighted by molar-refractivity contribution is 8.23. The second kappa shape index (κ2) is 9.51. The van der Waals surface area contributed by atoms with E-state index in [1.54, 1.807) is 0 Å². The van der Waals surface area contributed by atoms with Crippen molar-refractivity contribution in [1.82, 2.24) is 9.80 Å². The summed E-state index contributed by atoms with van der Waals surface area (Å²) in [6, 6.07) is 16.2. The molecule has 2 aromatic carbocycles. The van der Waals surface area contributed by atoms with E-state index in [9.17, 15) is 9.59 Å². The van der Waals surface area contributed by atoms with Crippen LogP contribution in [0.2, 0.25) is 0 Å². The molecule has 2 heterocycles. The van der Waals surface area contributed by atoms with E-state index in [4.69, 9.17) is 12.2 Å². The predicted octanol–water partition coefficient (Wildman–Crippen LogP) is 3.77. The molecule has 1 atom stereocenters. The summed E-state index contributed by atoms with van der Waals surface area (Å²) in [5.41, 5.74) is 4.18. The zero-order valence-corrected chi connectivity index (χ0v) is 19.5. The molecule has 4 rings (SSSR count). The number of thiocarbonyl (C=S) groups is 1. The lowest BCUT2D eigenvalue weighted by Crippen LogP contribution is -2.47. The van der Waals surface area contributed by atoms with Crippen molar-refractivity contribution in [3.63, 3.8) is 0 Å². The zero-order valence-electron chi connectivity index (χ0n) is 17.9. The Bertz CT molecular complexity index is 988. The summed E-state index contributed by atoms with van der Waals surface area (Å²) in [5, 5.41) is -0.441. The van der Waals surface area contributed by atoms with Crippen LogP contribution in [0.15, 0.2) is 48.5 Å². The molecule has 0 saturated carbocycles. The standard InChI is InChI=1S/C24H27N3O2S2/c1-17-8-9-20(14-18(17)2)27-22(28)15-21(23(27)29)31-24(30)26-12-10-25(11-13-26)16-19-6-4-3-5-7-19/h3-9,14,21H,10-13,15-16H2,1-2H3/t21-/m0/s1. The molecule has 0 aliphatic carbocycles. The molecule has 2 amide bonds. The number of anilines is 1. The molecule has 2 aliphatic heterocycles. The number of piperazine rings is 1. The fraction of sp³-hybridized carbons (Fsp3) is 0.375. The molecule has 2 aromatic rings. The van der Waals surface area contributed by atoms with Crippen LogP contribution in [0, 0.1) is 13.8 Å². The van der Waals surface area contributed by atoms with Crippen LogP contribution in [0.4, 0.5) is 5.69 Å². The first kappa shape index (κ1) is 22.0. The largest absolute Gasteiger partial charge is 0.355 e. The molecule has 0 radical (unpaired) electrons. The third-order valence-corrected chi connectivity index (χ3v) is 7.64. The van der Waals surface area contributed by atoms with E-state index in [1.807, 2.05) is 38.1 Å². The van der Waals surface area contributed by atoms with Crippen molar-refractivity contribution in [3.05, 3.63) is 65.2 Å². The summed E-state index contributed by atoms with van der Waals surface area (Å²) in [6.45, 7) is 8.49. The summed E-state index contributed by atoms with van der Waals surface area (Å²) < 4.78 is 0.715. The maximum Gasteiger partial charge on any atom is 0.247 e. The SMILES string of the molecule is Cc1ccc(N2C(=O)C[C@H](SC(=S)N3CCN(Cc4ccccc4)CC3)C2=O)cc1C. The Labute approximate surface area is 193 Å². The summed E-state index contributed by atoms with van der Waals surface area (Å²) in [5.74, 6) is -0.315. The number of rotatable bonds is 4. The Balaban J connectivity index is 1.32. The highest BCUT2D eigenvalue weighted by atomic mass is 32.2. The Hall–Kier alpha value is -2.22. The molecule has 0 N–H and O–H groups in total. The Morgan fingerprint density at radius 3 is 2.39 bits per heavy atom. The topological polar surface area (TPSA) is 43.9 Å². The normalized spacial score (nSPS) is 19.9. The van der Waals surface area contributed by atoms with Crippen LogP contribution in [0.25, 0.3) is 0 Å². The zero-order chi connectivity index (χ0) is 22.0. The Morgan fingerprint density at radius 1 is 1.00 bits per heavy atom. The number of aryl methyl sites for hydroxylation is 2. The van der Waals surface area contributed by atoms with E-state index in [1.165, 1.54) is 22.2 Å². The maximum absolute atomic E-state index is 13.0. The van der Waals surface area contributed by atoms with Gasteiger partial charge in [0.15, 0.2) is 0 Å². The number of nitrogens with zero attached hydrogens (tertiary/aromatic N) is 3. The molecule has 7 heteroatoms. The van der Waals surface area contributed by atoms with Gasteiger partial charge in [-0.1, -0.05) is 60.4 Å². The van der Waals surface area contributed by atoms with Crippen molar-refractivity contribution in [1.29, 1.82) is 0 Å². The van der Waals surface area contributed by atoms with Crippen molar-refractivity contribution in [3.8, 4) is 0 Å². The van der Waals surface area contributed by atoms with Gasteiger partial charge < -0.3 is 4.90 Å². The highest BCUT2D eigenvalue weighted by Crippen LogP contribution is 2.32. The Kier molecular flexibility index (Phi) is 6.74. The van der Waals surface area contributed by atoms with Crippen molar-refractivity contribution < 1.29 is 9.59 Å². The van der Waals surface area contributed by atoms with E-state index in [0.29, 0.717) is 10.0 Å². The third kappa shape index (κ3) is 5.00. The van der Waals surface area contributed by atoms with E-state index >= 15 is 0 Å². The van der Waals surface area contributed by atoms with Crippen LogP contribution in [0.3, 0.4) is 0 Å². The van der Waals surface area contributed by atoms with Gasteiger partial charge in [0.05, 0.1) is 5.69 Å². The van der Waals surface area contributed by atoms with Crippen molar-refractivity contribution >= 4 is 45.8 Å². The smallest absolute Gasteiger partial charge is 0.247 e. The van der Waals surface area contributed by atoms with Gasteiger partial charge >= 0.3 is 0 Å². The van der Waals surface area contributed by atoms with Gasteiger partial charge in [0.2, 0.25) is 11.8 Å². The molecule has 2 saturated heterocycles. The summed E-state index contributed by atoms with van der Waals surface area (Å²) in [4.78, 5) is 31.5. The predicted molar refractivity (Wildman–Crippen MR) is 130 cm³/mol. The number of hydrogen-bond acceptors (Lipinski definition) is 5. The molecule has 0 aromatic heterocycles. The quantitative estimate of drug-likeness (QED) is 0.519. The number of carbonyl (C=O) groups is 2. The minimum absolute atomic E-state index is 0.152. The Morgan fingerprint density at radius 2 is 1.71 bits per heavy atom. The fourth-order valence-corrected chi connectivity index (χ4v) is 5.50. The second-order valence-electron chi connectivity index (χ2n) is 8.16. The highest BCUT2D eigenvalue weighted by Gasteiger charge is 2.41. The van der Waals surface area contributed by atoms with Gasteiger partial charge in [-0.25, -0.2) is 4.90 Å². The molecule has 5 nitrogen and oxygen atoms in total. The first-order chi connectivity index (χ1) is 14.9. The molecule has 31 heavy (non-hydrogen) atoms. The van der Waals surface area contributed by atoms with Crippen molar-refractivity contribution in [2.24, 2.45) is 0 Å². The number of benzene rings is 2. The van der Waals surface area contributed by atoms with Crippen LogP contribution >= 0.6 is 24.0 Å². The summed E-state index contributed by atoms with van der Waals surface area (Å²) in [6.07, 6.45) is 0.199. The number of imide groups is 1. The van der Waals surface area contributed by atoms with Gasteiger partial charge in [0.1, 0.15) is 9.57 Å². The second-order valence-corrected chi connectivity index (χ2v) is 10.00. The van der Waals surface area contributed by atoms with Crippen LogP contribution in [0.1, 0.15) is 23.1 Å². The molecular weight excluding hydrogens is 426 g/mol. The van der Waals surface area contributed by atoms with Crippen molar-refractivity contribution in [2.45, 2.75) is 32.1 Å². The van der Waals surface area contributed by atoms with Crippen LogP contribution in [-0.2, 0) is 16.1 Å². The molecule has 2 fully saturated rings. The van der Waals surface area contributed by atoms with E-state index in [0.717, 1.165) is 43.9 Å². The molecular formula is C24H27N3O2S2. The van der Waals surface area contributed by atoms with Crippen LogP contribution in [0.5, 0.6) is 0 Å². The molecule has 0 unspecified atom stereocenters.